The molecule has 4 heteroatoms. The molecule has 0 radical (unpaired) electrons. The van der Waals surface area contributed by atoms with Crippen LogP contribution in [0.25, 0.3) is 0 Å². The topological polar surface area (TPSA) is 57.5 Å². The van der Waals surface area contributed by atoms with Crippen LogP contribution < -0.4 is 0 Å². The van der Waals surface area contributed by atoms with E-state index in [0.29, 0.717) is 6.42 Å². The summed E-state index contributed by atoms with van der Waals surface area (Å²) < 4.78 is 0. The number of rotatable bonds is 3. The monoisotopic (exact) mass is 224 g/mol. The molecule has 0 spiro atoms. The molecular weight excluding hydrogens is 212 g/mol. The molecule has 0 amide bonds. The van der Waals surface area contributed by atoms with Crippen molar-refractivity contribution < 1.29 is 15.0 Å². The van der Waals surface area contributed by atoms with E-state index < -0.39 is 5.97 Å². The van der Waals surface area contributed by atoms with Gasteiger partial charge in [-0.25, -0.2) is 0 Å². The van der Waals surface area contributed by atoms with Crippen molar-refractivity contribution in [3.05, 3.63) is 23.8 Å². The van der Waals surface area contributed by atoms with Crippen molar-refractivity contribution in [1.82, 2.24) is 0 Å². The molecule has 1 heterocycles. The third kappa shape index (κ3) is 2.26. The Bertz CT molecular complexity index is 389. The van der Waals surface area contributed by atoms with Crippen LogP contribution in [0, 0.1) is 0 Å². The number of benzene rings is 1. The largest absolute Gasteiger partial charge is 0.508 e. The molecule has 0 fully saturated rings. The number of hydrogen-bond donors (Lipinski definition) is 2. The Labute approximate surface area is 92.1 Å². The quantitative estimate of drug-likeness (QED) is 0.828. The van der Waals surface area contributed by atoms with Crippen LogP contribution in [-0.2, 0) is 4.79 Å². The van der Waals surface area contributed by atoms with Crippen LogP contribution in [0.5, 0.6) is 5.75 Å². The Kier molecular flexibility index (Phi) is 2.86. The first-order valence-corrected chi connectivity index (χ1v) is 5.83. The van der Waals surface area contributed by atoms with E-state index in [9.17, 15) is 9.90 Å². The summed E-state index contributed by atoms with van der Waals surface area (Å²) in [6.07, 6.45) is 0.846. The molecule has 0 aromatic heterocycles. The lowest BCUT2D eigenvalue weighted by atomic mass is 9.96. The maximum absolute atomic E-state index is 10.5. The standard InChI is InChI=1S/C11H12O3S/c12-8-2-3-10-9(5-8)7(6-15-10)1-4-11(13)14/h2-3,5,7,12H,1,4,6H2,(H,13,14). The third-order valence-corrected chi connectivity index (χ3v) is 3.83. The minimum atomic E-state index is -0.756. The number of aliphatic carboxylic acids is 1. The molecule has 1 aliphatic heterocycles. The number of carbonyl (C=O) groups is 1. The molecule has 15 heavy (non-hydrogen) atoms. The Balaban J connectivity index is 2.13. The Morgan fingerprint density at radius 1 is 1.53 bits per heavy atom. The Hall–Kier alpha value is -1.16. The molecule has 1 unspecified atom stereocenters. The lowest BCUT2D eigenvalue weighted by molar-refractivity contribution is -0.137. The zero-order valence-electron chi connectivity index (χ0n) is 8.14. The van der Waals surface area contributed by atoms with E-state index in [4.69, 9.17) is 5.11 Å². The molecule has 0 saturated heterocycles. The highest BCUT2D eigenvalue weighted by Crippen LogP contribution is 2.42. The van der Waals surface area contributed by atoms with E-state index >= 15 is 0 Å². The lowest BCUT2D eigenvalue weighted by Gasteiger charge is -2.08. The van der Waals surface area contributed by atoms with Gasteiger partial charge in [0.1, 0.15) is 5.75 Å². The van der Waals surface area contributed by atoms with Gasteiger partial charge in [0.2, 0.25) is 0 Å². The van der Waals surface area contributed by atoms with Crippen molar-refractivity contribution >= 4 is 17.7 Å². The molecular formula is C11H12O3S. The van der Waals surface area contributed by atoms with Gasteiger partial charge in [-0.2, -0.15) is 0 Å². The zero-order chi connectivity index (χ0) is 10.8. The van der Waals surface area contributed by atoms with E-state index in [1.165, 1.54) is 4.90 Å². The van der Waals surface area contributed by atoms with Gasteiger partial charge in [-0.05, 0) is 36.1 Å². The molecule has 2 N–H and O–H groups in total. The van der Waals surface area contributed by atoms with Crippen LogP contribution >= 0.6 is 11.8 Å². The average Bonchev–Trinajstić information content (AvgIpc) is 2.57. The second kappa shape index (κ2) is 4.14. The number of carboxylic acids is 1. The molecule has 0 saturated carbocycles. The molecule has 3 nitrogen and oxygen atoms in total. The van der Waals surface area contributed by atoms with Gasteiger partial charge in [0.15, 0.2) is 0 Å². The predicted octanol–water partition coefficient (Wildman–Crippen LogP) is 2.45. The molecule has 1 aliphatic rings. The first-order valence-electron chi connectivity index (χ1n) is 4.84. The van der Waals surface area contributed by atoms with Gasteiger partial charge in [-0.1, -0.05) is 0 Å². The Morgan fingerprint density at radius 3 is 3.07 bits per heavy atom. The van der Waals surface area contributed by atoms with Crippen molar-refractivity contribution in [3.8, 4) is 5.75 Å². The minimum absolute atomic E-state index is 0.195. The number of thioether (sulfide) groups is 1. The van der Waals surface area contributed by atoms with E-state index in [0.717, 1.165) is 11.3 Å². The summed E-state index contributed by atoms with van der Waals surface area (Å²) in [7, 11) is 0. The van der Waals surface area contributed by atoms with Gasteiger partial charge in [-0.15, -0.1) is 11.8 Å². The molecule has 1 atom stereocenters. The van der Waals surface area contributed by atoms with Gasteiger partial charge < -0.3 is 10.2 Å². The fraction of sp³-hybridized carbons (Fsp3) is 0.364. The molecule has 80 valence electrons. The van der Waals surface area contributed by atoms with Crippen LogP contribution in [0.2, 0.25) is 0 Å². The predicted molar refractivity (Wildman–Crippen MR) is 58.4 cm³/mol. The molecule has 1 aromatic carbocycles. The lowest BCUT2D eigenvalue weighted by Crippen LogP contribution is -2.02. The van der Waals surface area contributed by atoms with Gasteiger partial charge in [0.05, 0.1) is 0 Å². The summed E-state index contributed by atoms with van der Waals surface area (Å²) in [5, 5.41) is 18.0. The third-order valence-electron chi connectivity index (χ3n) is 2.58. The van der Waals surface area contributed by atoms with Crippen LogP contribution in [0.15, 0.2) is 23.1 Å². The first-order chi connectivity index (χ1) is 7.16. The van der Waals surface area contributed by atoms with E-state index in [1.54, 1.807) is 23.9 Å². The zero-order valence-corrected chi connectivity index (χ0v) is 8.96. The minimum Gasteiger partial charge on any atom is -0.508 e. The second-order valence-corrected chi connectivity index (χ2v) is 4.72. The first kappa shape index (κ1) is 10.4. The average molecular weight is 224 g/mol. The Morgan fingerprint density at radius 2 is 2.33 bits per heavy atom. The highest BCUT2D eigenvalue weighted by Gasteiger charge is 2.23. The summed E-state index contributed by atoms with van der Waals surface area (Å²) >= 11 is 1.73. The molecule has 2 rings (SSSR count). The van der Waals surface area contributed by atoms with Crippen molar-refractivity contribution in [1.29, 1.82) is 0 Å². The molecule has 1 aromatic rings. The van der Waals surface area contributed by atoms with Crippen LogP contribution in [0.1, 0.15) is 24.3 Å². The van der Waals surface area contributed by atoms with Gasteiger partial charge in [0.25, 0.3) is 0 Å². The summed E-state index contributed by atoms with van der Waals surface area (Å²) in [5.41, 5.74) is 1.10. The number of phenols is 1. The summed E-state index contributed by atoms with van der Waals surface area (Å²) in [6.45, 7) is 0. The van der Waals surface area contributed by atoms with Crippen LogP contribution in [0.3, 0.4) is 0 Å². The number of aromatic hydroxyl groups is 1. The number of phenolic OH excluding ortho intramolecular Hbond substituents is 1. The van der Waals surface area contributed by atoms with Crippen molar-refractivity contribution in [2.75, 3.05) is 5.75 Å². The van der Waals surface area contributed by atoms with E-state index in [1.807, 2.05) is 6.07 Å². The second-order valence-electron chi connectivity index (χ2n) is 3.66. The normalized spacial score (nSPS) is 18.8. The SMILES string of the molecule is O=C(O)CCC1CSc2ccc(O)cc21. The van der Waals surface area contributed by atoms with Gasteiger partial charge >= 0.3 is 5.97 Å². The van der Waals surface area contributed by atoms with E-state index in [-0.39, 0.29) is 18.1 Å². The molecule has 0 aliphatic carbocycles. The summed E-state index contributed by atoms with van der Waals surface area (Å²) in [6, 6.07) is 5.32. The fourth-order valence-corrected chi connectivity index (χ4v) is 3.09. The maximum Gasteiger partial charge on any atom is 0.303 e. The highest BCUT2D eigenvalue weighted by molar-refractivity contribution is 7.99. The highest BCUT2D eigenvalue weighted by atomic mass is 32.2. The van der Waals surface area contributed by atoms with Crippen LogP contribution in [-0.4, -0.2) is 21.9 Å². The number of fused-ring (bicyclic) bond motifs is 1. The summed E-state index contributed by atoms with van der Waals surface area (Å²) in [5.74, 6) is 0.699. The van der Waals surface area contributed by atoms with Crippen LogP contribution in [0.4, 0.5) is 0 Å². The van der Waals surface area contributed by atoms with Crippen molar-refractivity contribution in [2.45, 2.75) is 23.7 Å². The molecule has 0 bridgehead atoms. The number of hydrogen-bond acceptors (Lipinski definition) is 3. The van der Waals surface area contributed by atoms with Crippen molar-refractivity contribution in [2.24, 2.45) is 0 Å². The fourth-order valence-electron chi connectivity index (χ4n) is 1.80. The van der Waals surface area contributed by atoms with Gasteiger partial charge in [-0.3, -0.25) is 4.79 Å². The van der Waals surface area contributed by atoms with Gasteiger partial charge in [0, 0.05) is 17.1 Å². The summed E-state index contributed by atoms with van der Waals surface area (Å²) in [4.78, 5) is 11.6. The van der Waals surface area contributed by atoms with E-state index in [2.05, 4.69) is 0 Å². The smallest absolute Gasteiger partial charge is 0.303 e. The van der Waals surface area contributed by atoms with Crippen molar-refractivity contribution in [3.63, 3.8) is 0 Å². The maximum atomic E-state index is 10.5. The number of carboxylic acid groups (broad SMARTS) is 1.